The molecule has 4 aromatic carbocycles. The molecule has 0 spiro atoms. The molecule has 0 saturated heterocycles. The first-order valence-corrected chi connectivity index (χ1v) is 15.3. The van der Waals surface area contributed by atoms with Crippen molar-refractivity contribution < 1.29 is 0 Å². The standard InChI is InChI=1S/C40H38BN3/c1-27-23-29(3)39(30(4)24-27)41(40-31(5)25-28(2)26-32(40)6)35-17-13-33(14-18-35)34-15-19-36(20-16-34)44(37-11-7-9-21-42-37)38-12-8-10-22-43-38/h7-26H,1-6H3. The Hall–Kier alpha value is -4.96. The summed E-state index contributed by atoms with van der Waals surface area (Å²) in [7, 11) is 0. The zero-order valence-corrected chi connectivity index (χ0v) is 26.5. The van der Waals surface area contributed by atoms with Gasteiger partial charge in [-0.25, -0.2) is 9.97 Å². The van der Waals surface area contributed by atoms with E-state index in [1.165, 1.54) is 60.9 Å². The highest BCUT2D eigenvalue weighted by atomic mass is 15.2. The van der Waals surface area contributed by atoms with E-state index in [1.54, 1.807) is 0 Å². The number of aromatic nitrogens is 2. The Balaban J connectivity index is 1.38. The van der Waals surface area contributed by atoms with Gasteiger partial charge in [0, 0.05) is 18.1 Å². The first-order valence-electron chi connectivity index (χ1n) is 15.3. The average molecular weight is 572 g/mol. The van der Waals surface area contributed by atoms with Crippen molar-refractivity contribution in [2.24, 2.45) is 0 Å². The fourth-order valence-corrected chi connectivity index (χ4v) is 6.80. The van der Waals surface area contributed by atoms with E-state index in [9.17, 15) is 0 Å². The molecule has 0 N–H and O–H groups in total. The van der Waals surface area contributed by atoms with Crippen LogP contribution in [0.3, 0.4) is 0 Å². The van der Waals surface area contributed by atoms with Crippen LogP contribution in [0.1, 0.15) is 33.4 Å². The maximum absolute atomic E-state index is 4.61. The van der Waals surface area contributed by atoms with Crippen molar-refractivity contribution in [1.29, 1.82) is 0 Å². The van der Waals surface area contributed by atoms with Crippen LogP contribution in [0, 0.1) is 41.5 Å². The summed E-state index contributed by atoms with van der Waals surface area (Å²) in [4.78, 5) is 11.3. The monoisotopic (exact) mass is 571 g/mol. The number of hydrogen-bond donors (Lipinski definition) is 0. The number of nitrogens with zero attached hydrogens (tertiary/aromatic N) is 3. The molecule has 2 aromatic heterocycles. The van der Waals surface area contributed by atoms with E-state index in [0.29, 0.717) is 0 Å². The Kier molecular flexibility index (Phi) is 8.17. The van der Waals surface area contributed by atoms with Crippen molar-refractivity contribution >= 4 is 40.4 Å². The number of benzene rings is 4. The first kappa shape index (κ1) is 29.1. The molecule has 6 rings (SSSR count). The third-order valence-electron chi connectivity index (χ3n) is 8.51. The lowest BCUT2D eigenvalue weighted by Crippen LogP contribution is -2.55. The van der Waals surface area contributed by atoms with Gasteiger partial charge < -0.3 is 0 Å². The highest BCUT2D eigenvalue weighted by Gasteiger charge is 2.28. The molecule has 4 heteroatoms. The molecule has 2 heterocycles. The lowest BCUT2D eigenvalue weighted by Gasteiger charge is -2.25. The maximum Gasteiger partial charge on any atom is 0.242 e. The summed E-state index contributed by atoms with van der Waals surface area (Å²) in [5.74, 6) is 1.66. The molecule has 216 valence electrons. The largest absolute Gasteiger partial charge is 0.279 e. The number of anilines is 3. The SMILES string of the molecule is Cc1cc(C)c(B(c2ccc(-c3ccc(N(c4ccccn4)c4ccccn4)cc3)cc2)c2c(C)cc(C)cc2C)c(C)c1. The molecule has 0 aliphatic heterocycles. The Morgan fingerprint density at radius 3 is 1.27 bits per heavy atom. The van der Waals surface area contributed by atoms with Gasteiger partial charge in [-0.3, -0.25) is 4.90 Å². The number of aryl methyl sites for hydroxylation is 6. The average Bonchev–Trinajstić information content (AvgIpc) is 3.01. The van der Waals surface area contributed by atoms with Crippen molar-refractivity contribution in [3.8, 4) is 11.1 Å². The minimum absolute atomic E-state index is 0.165. The van der Waals surface area contributed by atoms with Crippen LogP contribution in [-0.4, -0.2) is 16.7 Å². The van der Waals surface area contributed by atoms with Crippen LogP contribution in [0.5, 0.6) is 0 Å². The van der Waals surface area contributed by atoms with Gasteiger partial charge in [-0.15, -0.1) is 0 Å². The summed E-state index contributed by atoms with van der Waals surface area (Å²) in [6, 6.07) is 39.0. The van der Waals surface area contributed by atoms with Gasteiger partial charge in [0.1, 0.15) is 11.6 Å². The normalized spacial score (nSPS) is 11.0. The van der Waals surface area contributed by atoms with Gasteiger partial charge >= 0.3 is 0 Å². The molecular formula is C40H38BN3. The van der Waals surface area contributed by atoms with E-state index >= 15 is 0 Å². The summed E-state index contributed by atoms with van der Waals surface area (Å²) in [6.45, 7) is 13.6. The third kappa shape index (κ3) is 5.81. The highest BCUT2D eigenvalue weighted by Crippen LogP contribution is 2.33. The van der Waals surface area contributed by atoms with E-state index < -0.39 is 0 Å². The predicted octanol–water partition coefficient (Wildman–Crippen LogP) is 7.98. The van der Waals surface area contributed by atoms with Gasteiger partial charge in [-0.05, 0) is 89.1 Å². The molecule has 44 heavy (non-hydrogen) atoms. The Morgan fingerprint density at radius 1 is 0.477 bits per heavy atom. The molecule has 0 amide bonds. The van der Waals surface area contributed by atoms with E-state index in [1.807, 2.05) is 48.8 Å². The Morgan fingerprint density at radius 2 is 0.886 bits per heavy atom. The summed E-state index contributed by atoms with van der Waals surface area (Å²) in [5, 5.41) is 0. The molecule has 0 bridgehead atoms. The van der Waals surface area contributed by atoms with Crippen molar-refractivity contribution in [2.45, 2.75) is 41.5 Å². The van der Waals surface area contributed by atoms with Gasteiger partial charge in [0.25, 0.3) is 0 Å². The van der Waals surface area contributed by atoms with E-state index in [-0.39, 0.29) is 6.71 Å². The van der Waals surface area contributed by atoms with Crippen LogP contribution >= 0.6 is 0 Å². The molecule has 0 saturated carbocycles. The fraction of sp³-hybridized carbons (Fsp3) is 0.150. The van der Waals surface area contributed by atoms with Gasteiger partial charge in [0.05, 0.1) is 0 Å². The van der Waals surface area contributed by atoms with E-state index in [0.717, 1.165) is 17.3 Å². The molecule has 0 fully saturated rings. The molecule has 0 aliphatic rings. The van der Waals surface area contributed by atoms with Gasteiger partial charge in [0.15, 0.2) is 0 Å². The quantitative estimate of drug-likeness (QED) is 0.182. The zero-order valence-electron chi connectivity index (χ0n) is 26.5. The lowest BCUT2D eigenvalue weighted by molar-refractivity contribution is 1.13. The van der Waals surface area contributed by atoms with Crippen molar-refractivity contribution in [1.82, 2.24) is 9.97 Å². The lowest BCUT2D eigenvalue weighted by atomic mass is 9.34. The molecule has 0 atom stereocenters. The molecule has 3 nitrogen and oxygen atoms in total. The maximum atomic E-state index is 4.61. The van der Waals surface area contributed by atoms with Crippen molar-refractivity contribution in [2.75, 3.05) is 4.90 Å². The van der Waals surface area contributed by atoms with Crippen LogP contribution in [0.2, 0.25) is 0 Å². The minimum atomic E-state index is 0.165. The Labute approximate surface area is 262 Å². The molecule has 6 aromatic rings. The second-order valence-corrected chi connectivity index (χ2v) is 11.9. The number of hydrogen-bond acceptors (Lipinski definition) is 3. The second kappa shape index (κ2) is 12.3. The molecule has 0 unspecified atom stereocenters. The van der Waals surface area contributed by atoms with Gasteiger partial charge in [0.2, 0.25) is 6.71 Å². The van der Waals surface area contributed by atoms with Crippen LogP contribution in [0.15, 0.2) is 122 Å². The van der Waals surface area contributed by atoms with Crippen molar-refractivity contribution in [3.05, 3.63) is 155 Å². The van der Waals surface area contributed by atoms with Crippen LogP contribution in [0.4, 0.5) is 17.3 Å². The van der Waals surface area contributed by atoms with Crippen LogP contribution in [-0.2, 0) is 0 Å². The first-order chi connectivity index (χ1) is 21.3. The molecule has 0 aliphatic carbocycles. The zero-order chi connectivity index (χ0) is 30.8. The summed E-state index contributed by atoms with van der Waals surface area (Å²) in [6.07, 6.45) is 3.63. The van der Waals surface area contributed by atoms with Gasteiger partial charge in [-0.1, -0.05) is 123 Å². The summed E-state index contributed by atoms with van der Waals surface area (Å²) in [5.41, 5.74) is 15.5. The van der Waals surface area contributed by atoms with Gasteiger partial charge in [-0.2, -0.15) is 0 Å². The second-order valence-electron chi connectivity index (χ2n) is 11.9. The third-order valence-corrected chi connectivity index (χ3v) is 8.51. The Bertz CT molecular complexity index is 1750. The van der Waals surface area contributed by atoms with E-state index in [4.69, 9.17) is 0 Å². The number of rotatable bonds is 7. The number of pyridine rings is 2. The topological polar surface area (TPSA) is 29.0 Å². The minimum Gasteiger partial charge on any atom is -0.279 e. The van der Waals surface area contributed by atoms with Crippen LogP contribution in [0.25, 0.3) is 11.1 Å². The molecular weight excluding hydrogens is 533 g/mol. The predicted molar refractivity (Wildman–Crippen MR) is 188 cm³/mol. The van der Waals surface area contributed by atoms with Crippen LogP contribution < -0.4 is 21.3 Å². The highest BCUT2D eigenvalue weighted by molar-refractivity contribution is 6.96. The smallest absolute Gasteiger partial charge is 0.242 e. The fourth-order valence-electron chi connectivity index (χ4n) is 6.80. The van der Waals surface area contributed by atoms with Crippen molar-refractivity contribution in [3.63, 3.8) is 0 Å². The molecule has 0 radical (unpaired) electrons. The summed E-state index contributed by atoms with van der Waals surface area (Å²) >= 11 is 0. The van der Waals surface area contributed by atoms with E-state index in [2.05, 4.69) is 129 Å². The summed E-state index contributed by atoms with van der Waals surface area (Å²) < 4.78 is 0.